The number of carbonyl (C=O) groups is 1. The maximum atomic E-state index is 13.2. The third-order valence-corrected chi connectivity index (χ3v) is 8.29. The number of amides is 1. The van der Waals surface area contributed by atoms with Gasteiger partial charge in [0, 0.05) is 35.6 Å². The van der Waals surface area contributed by atoms with Crippen LogP contribution in [0.5, 0.6) is 0 Å². The van der Waals surface area contributed by atoms with Crippen molar-refractivity contribution in [3.63, 3.8) is 0 Å². The second-order valence-corrected chi connectivity index (χ2v) is 10.7. The molecule has 146 valence electrons. The first-order valence-corrected chi connectivity index (χ1v) is 11.6. The molecule has 4 heteroatoms. The van der Waals surface area contributed by atoms with E-state index in [2.05, 4.69) is 50.4 Å². The highest BCUT2D eigenvalue weighted by Gasteiger charge is 2.54. The van der Waals surface area contributed by atoms with Crippen LogP contribution in [0.1, 0.15) is 50.5 Å². The average Bonchev–Trinajstić information content (AvgIpc) is 3.07. The predicted molar refractivity (Wildman–Crippen MR) is 111 cm³/mol. The lowest BCUT2D eigenvalue weighted by molar-refractivity contribution is -0.146. The number of carbonyl (C=O) groups excluding carboxylic acids is 1. The van der Waals surface area contributed by atoms with Gasteiger partial charge in [0.25, 0.3) is 0 Å². The Balaban J connectivity index is 1.13. The summed E-state index contributed by atoms with van der Waals surface area (Å²) in [4.78, 5) is 15.8. The molecule has 4 bridgehead atoms. The Hall–Kier alpha value is -0.870. The van der Waals surface area contributed by atoms with Crippen LogP contribution in [-0.4, -0.2) is 36.5 Å². The monoisotopic (exact) mass is 430 g/mol. The van der Waals surface area contributed by atoms with E-state index >= 15 is 0 Å². The zero-order valence-electron chi connectivity index (χ0n) is 16.1. The van der Waals surface area contributed by atoms with Crippen molar-refractivity contribution in [1.82, 2.24) is 10.2 Å². The molecule has 1 saturated heterocycles. The van der Waals surface area contributed by atoms with E-state index in [1.807, 2.05) is 0 Å². The molecule has 1 aromatic carbocycles. The van der Waals surface area contributed by atoms with Gasteiger partial charge in [0.05, 0.1) is 0 Å². The van der Waals surface area contributed by atoms with Crippen LogP contribution in [0.15, 0.2) is 28.7 Å². The largest absolute Gasteiger partial charge is 0.352 e. The van der Waals surface area contributed by atoms with Crippen molar-refractivity contribution in [3.8, 4) is 0 Å². The first kappa shape index (κ1) is 18.2. The van der Waals surface area contributed by atoms with E-state index in [0.717, 1.165) is 54.7 Å². The average molecular weight is 431 g/mol. The molecule has 0 radical (unpaired) electrons. The minimum Gasteiger partial charge on any atom is -0.352 e. The molecule has 3 nitrogen and oxygen atoms in total. The van der Waals surface area contributed by atoms with Gasteiger partial charge in [0.2, 0.25) is 5.91 Å². The summed E-state index contributed by atoms with van der Waals surface area (Å²) in [5.41, 5.74) is 1.39. The minimum absolute atomic E-state index is 0.000402. The molecule has 6 rings (SSSR count). The third-order valence-electron chi connectivity index (χ3n) is 7.76. The Kier molecular flexibility index (Phi) is 4.84. The van der Waals surface area contributed by atoms with Gasteiger partial charge in [-0.3, -0.25) is 4.79 Å². The van der Waals surface area contributed by atoms with Crippen LogP contribution in [0.2, 0.25) is 0 Å². The van der Waals surface area contributed by atoms with Crippen LogP contribution in [0.4, 0.5) is 0 Å². The van der Waals surface area contributed by atoms with Crippen LogP contribution in [0.3, 0.4) is 0 Å². The quantitative estimate of drug-likeness (QED) is 0.750. The number of halogens is 1. The van der Waals surface area contributed by atoms with Crippen LogP contribution in [-0.2, 0) is 11.2 Å². The molecule has 5 aliphatic rings. The number of rotatable bonds is 5. The summed E-state index contributed by atoms with van der Waals surface area (Å²) in [5, 5.41) is 3.48. The van der Waals surface area contributed by atoms with Crippen molar-refractivity contribution >= 4 is 21.8 Å². The predicted octanol–water partition coefficient (Wildman–Crippen LogP) is 4.40. The SMILES string of the molecule is O=C(N[C@H]1CCN(CCc2ccc(Br)cc2)C1)C12CC3CC(CC(C3)C1)C2. The van der Waals surface area contributed by atoms with Crippen molar-refractivity contribution < 1.29 is 4.79 Å². The smallest absolute Gasteiger partial charge is 0.226 e. The van der Waals surface area contributed by atoms with Crippen LogP contribution >= 0.6 is 15.9 Å². The van der Waals surface area contributed by atoms with E-state index in [-0.39, 0.29) is 5.41 Å². The number of benzene rings is 1. The normalized spacial score (nSPS) is 37.7. The first-order chi connectivity index (χ1) is 13.1. The van der Waals surface area contributed by atoms with Gasteiger partial charge in [-0.1, -0.05) is 28.1 Å². The molecule has 1 atom stereocenters. The number of likely N-dealkylation sites (tertiary alicyclic amines) is 1. The van der Waals surface area contributed by atoms with Crippen molar-refractivity contribution in [2.45, 2.75) is 57.4 Å². The Labute approximate surface area is 171 Å². The lowest BCUT2D eigenvalue weighted by Crippen LogP contribution is -2.55. The molecule has 1 aromatic rings. The van der Waals surface area contributed by atoms with E-state index < -0.39 is 0 Å². The summed E-state index contributed by atoms with van der Waals surface area (Å²) in [7, 11) is 0. The fraction of sp³-hybridized carbons (Fsp3) is 0.696. The molecular weight excluding hydrogens is 400 g/mol. The summed E-state index contributed by atoms with van der Waals surface area (Å²) in [6, 6.07) is 9.00. The second-order valence-electron chi connectivity index (χ2n) is 9.83. The Morgan fingerprint density at radius 2 is 1.70 bits per heavy atom. The van der Waals surface area contributed by atoms with Gasteiger partial charge in [-0.05, 0) is 86.8 Å². The maximum absolute atomic E-state index is 13.2. The molecule has 1 heterocycles. The summed E-state index contributed by atoms with van der Waals surface area (Å²) >= 11 is 3.50. The van der Waals surface area contributed by atoms with Gasteiger partial charge >= 0.3 is 0 Å². The molecule has 4 saturated carbocycles. The molecular formula is C23H31BrN2O. The molecule has 1 amide bonds. The summed E-state index contributed by atoms with van der Waals surface area (Å²) in [6.45, 7) is 3.22. The van der Waals surface area contributed by atoms with Crippen LogP contribution in [0.25, 0.3) is 0 Å². The van der Waals surface area contributed by atoms with Gasteiger partial charge in [0.1, 0.15) is 0 Å². The summed E-state index contributed by atoms with van der Waals surface area (Å²) < 4.78 is 1.14. The van der Waals surface area contributed by atoms with Crippen molar-refractivity contribution in [2.24, 2.45) is 23.2 Å². The third kappa shape index (κ3) is 3.72. The van der Waals surface area contributed by atoms with Crippen LogP contribution < -0.4 is 5.32 Å². The minimum atomic E-state index is -0.000402. The van der Waals surface area contributed by atoms with Crippen molar-refractivity contribution in [2.75, 3.05) is 19.6 Å². The molecule has 0 spiro atoms. The Morgan fingerprint density at radius 3 is 2.33 bits per heavy atom. The van der Waals surface area contributed by atoms with Gasteiger partial charge < -0.3 is 10.2 Å². The zero-order valence-corrected chi connectivity index (χ0v) is 17.7. The standard InChI is InChI=1S/C23H31BrN2O/c24-20-3-1-16(2-4-20)5-7-26-8-6-21(15-26)25-22(27)23-12-17-9-18(13-23)11-19(10-17)14-23/h1-4,17-19,21H,5-15H2,(H,25,27)/t17?,18?,19?,21-,23?/m0/s1. The van der Waals surface area contributed by atoms with Crippen molar-refractivity contribution in [3.05, 3.63) is 34.3 Å². The van der Waals surface area contributed by atoms with E-state index in [4.69, 9.17) is 0 Å². The lowest BCUT2D eigenvalue weighted by atomic mass is 9.49. The second kappa shape index (κ2) is 7.18. The molecule has 4 aliphatic carbocycles. The van der Waals surface area contributed by atoms with Gasteiger partial charge in [0.15, 0.2) is 0 Å². The summed E-state index contributed by atoms with van der Waals surface area (Å²) in [6.07, 6.45) is 9.92. The molecule has 27 heavy (non-hydrogen) atoms. The zero-order chi connectivity index (χ0) is 18.4. The van der Waals surface area contributed by atoms with Crippen LogP contribution in [0, 0.1) is 23.2 Å². The number of nitrogens with one attached hydrogen (secondary N) is 1. The van der Waals surface area contributed by atoms with E-state index in [1.54, 1.807) is 0 Å². The number of hydrogen-bond donors (Lipinski definition) is 1. The lowest BCUT2D eigenvalue weighted by Gasteiger charge is -2.55. The fourth-order valence-electron chi connectivity index (χ4n) is 6.82. The number of nitrogens with zero attached hydrogens (tertiary/aromatic N) is 1. The Morgan fingerprint density at radius 1 is 1.07 bits per heavy atom. The number of hydrogen-bond acceptors (Lipinski definition) is 2. The highest BCUT2D eigenvalue weighted by atomic mass is 79.9. The van der Waals surface area contributed by atoms with E-state index in [0.29, 0.717) is 11.9 Å². The topological polar surface area (TPSA) is 32.3 Å². The van der Waals surface area contributed by atoms with Crippen molar-refractivity contribution in [1.29, 1.82) is 0 Å². The van der Waals surface area contributed by atoms with Gasteiger partial charge in [-0.25, -0.2) is 0 Å². The highest BCUT2D eigenvalue weighted by Crippen LogP contribution is 2.60. The molecule has 0 aromatic heterocycles. The molecule has 1 N–H and O–H groups in total. The maximum Gasteiger partial charge on any atom is 0.226 e. The van der Waals surface area contributed by atoms with E-state index in [9.17, 15) is 4.79 Å². The van der Waals surface area contributed by atoms with E-state index in [1.165, 1.54) is 44.1 Å². The first-order valence-electron chi connectivity index (χ1n) is 10.9. The Bertz CT molecular complexity index is 666. The van der Waals surface area contributed by atoms with Gasteiger partial charge in [-0.2, -0.15) is 0 Å². The highest BCUT2D eigenvalue weighted by molar-refractivity contribution is 9.10. The molecule has 1 aliphatic heterocycles. The summed E-state index contributed by atoms with van der Waals surface area (Å²) in [5.74, 6) is 2.93. The van der Waals surface area contributed by atoms with Gasteiger partial charge in [-0.15, -0.1) is 0 Å². The molecule has 5 fully saturated rings. The fourth-order valence-corrected chi connectivity index (χ4v) is 7.08. The molecule has 0 unspecified atom stereocenters.